The van der Waals surface area contributed by atoms with E-state index in [9.17, 15) is 9.59 Å². The minimum absolute atomic E-state index is 0.00309. The van der Waals surface area contributed by atoms with Gasteiger partial charge in [-0.1, -0.05) is 24.3 Å². The third-order valence-corrected chi connectivity index (χ3v) is 4.24. The lowest BCUT2D eigenvalue weighted by atomic mass is 9.90. The van der Waals surface area contributed by atoms with Crippen LogP contribution < -0.4 is 5.32 Å². The van der Waals surface area contributed by atoms with E-state index in [1.807, 2.05) is 24.3 Å². The van der Waals surface area contributed by atoms with E-state index in [-0.39, 0.29) is 24.3 Å². The molecule has 23 heavy (non-hydrogen) atoms. The molecule has 1 aliphatic rings. The molecule has 0 saturated heterocycles. The Morgan fingerprint density at radius 2 is 2.09 bits per heavy atom. The van der Waals surface area contributed by atoms with E-state index in [0.717, 1.165) is 12.0 Å². The summed E-state index contributed by atoms with van der Waals surface area (Å²) in [6.45, 7) is 2.57. The molecule has 120 valence electrons. The van der Waals surface area contributed by atoms with Crippen LogP contribution in [0.4, 0.5) is 0 Å². The minimum Gasteiger partial charge on any atom is -0.467 e. The van der Waals surface area contributed by atoms with Crippen molar-refractivity contribution in [2.75, 3.05) is 6.54 Å². The smallest absolute Gasteiger partial charge is 0.222 e. The summed E-state index contributed by atoms with van der Waals surface area (Å²) in [5.41, 5.74) is 2.29. The van der Waals surface area contributed by atoms with E-state index in [1.165, 1.54) is 5.56 Å². The fourth-order valence-electron chi connectivity index (χ4n) is 3.10. The first-order valence-corrected chi connectivity index (χ1v) is 7.79. The van der Waals surface area contributed by atoms with Gasteiger partial charge in [0.2, 0.25) is 11.8 Å². The normalized spacial score (nSPS) is 16.7. The molecule has 2 amide bonds. The molecule has 0 saturated carbocycles. The van der Waals surface area contributed by atoms with Gasteiger partial charge in [0.1, 0.15) is 5.76 Å². The van der Waals surface area contributed by atoms with E-state index >= 15 is 0 Å². The highest BCUT2D eigenvalue weighted by atomic mass is 16.3. The first-order valence-electron chi connectivity index (χ1n) is 7.79. The van der Waals surface area contributed by atoms with Crippen LogP contribution in [-0.2, 0) is 22.6 Å². The lowest BCUT2D eigenvalue weighted by Gasteiger charge is -2.36. The highest BCUT2D eigenvalue weighted by molar-refractivity contribution is 5.79. The Kier molecular flexibility index (Phi) is 4.46. The largest absolute Gasteiger partial charge is 0.467 e. The molecular weight excluding hydrogens is 292 g/mol. The van der Waals surface area contributed by atoms with Gasteiger partial charge in [-0.3, -0.25) is 9.59 Å². The minimum atomic E-state index is -0.200. The van der Waals surface area contributed by atoms with Gasteiger partial charge in [-0.05, 0) is 29.7 Å². The lowest BCUT2D eigenvalue weighted by Crippen LogP contribution is -2.41. The average molecular weight is 312 g/mol. The van der Waals surface area contributed by atoms with Crippen molar-refractivity contribution in [3.63, 3.8) is 0 Å². The second-order valence-electron chi connectivity index (χ2n) is 5.74. The van der Waals surface area contributed by atoms with Crippen LogP contribution >= 0.6 is 0 Å². The second kappa shape index (κ2) is 6.69. The van der Waals surface area contributed by atoms with Crippen LogP contribution in [0.5, 0.6) is 0 Å². The fourth-order valence-corrected chi connectivity index (χ4v) is 3.10. The van der Waals surface area contributed by atoms with Gasteiger partial charge in [0.15, 0.2) is 0 Å². The van der Waals surface area contributed by atoms with Crippen molar-refractivity contribution in [3.05, 3.63) is 59.5 Å². The van der Waals surface area contributed by atoms with Crippen LogP contribution in [0.25, 0.3) is 0 Å². The maximum absolute atomic E-state index is 12.3. The standard InChI is InChI=1S/C18H20N2O3/c1-13(21)20-9-8-14-5-2-3-7-16(14)17(20)11-18(22)19-12-15-6-4-10-23-15/h2-7,10,17H,8-9,11-12H2,1H3,(H,19,22)/t17-/m1/s1. The van der Waals surface area contributed by atoms with Gasteiger partial charge in [0.05, 0.1) is 25.3 Å². The van der Waals surface area contributed by atoms with E-state index in [0.29, 0.717) is 18.8 Å². The molecule has 2 aromatic rings. The van der Waals surface area contributed by atoms with Crippen molar-refractivity contribution >= 4 is 11.8 Å². The first-order chi connectivity index (χ1) is 11.1. The Bertz CT molecular complexity index is 694. The van der Waals surface area contributed by atoms with Crippen LogP contribution in [0.1, 0.15) is 36.3 Å². The number of carbonyl (C=O) groups is 2. The molecule has 0 aliphatic carbocycles. The van der Waals surface area contributed by atoms with Crippen molar-refractivity contribution in [1.29, 1.82) is 0 Å². The molecule has 3 rings (SSSR count). The van der Waals surface area contributed by atoms with Crippen LogP contribution in [0.2, 0.25) is 0 Å². The molecule has 0 bridgehead atoms. The van der Waals surface area contributed by atoms with Gasteiger partial charge in [0.25, 0.3) is 0 Å². The van der Waals surface area contributed by atoms with Gasteiger partial charge in [-0.2, -0.15) is 0 Å². The number of nitrogens with one attached hydrogen (secondary N) is 1. The molecule has 0 fully saturated rings. The van der Waals surface area contributed by atoms with Crippen LogP contribution in [0.3, 0.4) is 0 Å². The highest BCUT2D eigenvalue weighted by Crippen LogP contribution is 2.32. The van der Waals surface area contributed by atoms with Crippen LogP contribution in [-0.4, -0.2) is 23.3 Å². The highest BCUT2D eigenvalue weighted by Gasteiger charge is 2.30. The molecule has 1 aromatic heterocycles. The van der Waals surface area contributed by atoms with Crippen molar-refractivity contribution in [1.82, 2.24) is 10.2 Å². The van der Waals surface area contributed by atoms with Gasteiger partial charge in [-0.25, -0.2) is 0 Å². The summed E-state index contributed by atoms with van der Waals surface area (Å²) in [7, 11) is 0. The van der Waals surface area contributed by atoms with Crippen LogP contribution in [0.15, 0.2) is 47.1 Å². The Labute approximate surface area is 135 Å². The molecule has 5 nitrogen and oxygen atoms in total. The molecule has 0 unspecified atom stereocenters. The van der Waals surface area contributed by atoms with E-state index in [2.05, 4.69) is 11.4 Å². The quantitative estimate of drug-likeness (QED) is 0.943. The molecule has 2 heterocycles. The average Bonchev–Trinajstić information content (AvgIpc) is 3.06. The van der Waals surface area contributed by atoms with E-state index in [4.69, 9.17) is 4.42 Å². The number of benzene rings is 1. The molecule has 1 aliphatic heterocycles. The fraction of sp³-hybridized carbons (Fsp3) is 0.333. The first kappa shape index (κ1) is 15.3. The monoisotopic (exact) mass is 312 g/mol. The summed E-state index contributed by atoms with van der Waals surface area (Å²) in [6, 6.07) is 11.4. The number of nitrogens with zero attached hydrogens (tertiary/aromatic N) is 1. The topological polar surface area (TPSA) is 62.6 Å². The van der Waals surface area contributed by atoms with E-state index < -0.39 is 0 Å². The Morgan fingerprint density at radius 1 is 1.26 bits per heavy atom. The van der Waals surface area contributed by atoms with Crippen molar-refractivity contribution in [2.45, 2.75) is 32.4 Å². The third-order valence-electron chi connectivity index (χ3n) is 4.24. The zero-order valence-corrected chi connectivity index (χ0v) is 13.1. The maximum atomic E-state index is 12.3. The van der Waals surface area contributed by atoms with Gasteiger partial charge in [-0.15, -0.1) is 0 Å². The van der Waals surface area contributed by atoms with E-state index in [1.54, 1.807) is 24.2 Å². The summed E-state index contributed by atoms with van der Waals surface area (Å²) in [4.78, 5) is 26.0. The lowest BCUT2D eigenvalue weighted by molar-refractivity contribution is -0.133. The number of amides is 2. The molecule has 1 aromatic carbocycles. The second-order valence-corrected chi connectivity index (χ2v) is 5.74. The Morgan fingerprint density at radius 3 is 2.83 bits per heavy atom. The van der Waals surface area contributed by atoms with Gasteiger partial charge < -0.3 is 14.6 Å². The van der Waals surface area contributed by atoms with Gasteiger partial charge in [0, 0.05) is 13.5 Å². The summed E-state index contributed by atoms with van der Waals surface area (Å²) < 4.78 is 5.21. The number of carbonyl (C=O) groups excluding carboxylic acids is 2. The zero-order chi connectivity index (χ0) is 16.2. The predicted molar refractivity (Wildman–Crippen MR) is 85.4 cm³/mol. The van der Waals surface area contributed by atoms with Crippen molar-refractivity contribution < 1.29 is 14.0 Å². The summed E-state index contributed by atoms with van der Waals surface area (Å²) in [6.07, 6.45) is 2.67. The predicted octanol–water partition coefficient (Wildman–Crippen LogP) is 2.43. The molecule has 1 N–H and O–H groups in total. The van der Waals surface area contributed by atoms with Crippen molar-refractivity contribution in [3.8, 4) is 0 Å². The number of rotatable bonds is 4. The summed E-state index contributed by atoms with van der Waals surface area (Å²) in [5.74, 6) is 0.628. The number of furan rings is 1. The maximum Gasteiger partial charge on any atom is 0.222 e. The number of fused-ring (bicyclic) bond motifs is 1. The van der Waals surface area contributed by atoms with Gasteiger partial charge >= 0.3 is 0 Å². The summed E-state index contributed by atoms with van der Waals surface area (Å²) in [5, 5.41) is 2.85. The Balaban J connectivity index is 1.72. The molecular formula is C18H20N2O3. The molecule has 0 spiro atoms. The molecule has 1 atom stereocenters. The molecule has 0 radical (unpaired) electrons. The number of hydrogen-bond acceptors (Lipinski definition) is 3. The SMILES string of the molecule is CC(=O)N1CCc2ccccc2[C@H]1CC(=O)NCc1ccco1. The van der Waals surface area contributed by atoms with Crippen molar-refractivity contribution in [2.24, 2.45) is 0 Å². The van der Waals surface area contributed by atoms with Crippen LogP contribution in [0, 0.1) is 0 Å². The summed E-state index contributed by atoms with van der Waals surface area (Å²) >= 11 is 0. The number of hydrogen-bond donors (Lipinski definition) is 1. The Hall–Kier alpha value is -2.56. The zero-order valence-electron chi connectivity index (χ0n) is 13.1. The molecule has 5 heteroatoms. The third kappa shape index (κ3) is 3.44.